The molecule has 3 rings (SSSR count). The van der Waals surface area contributed by atoms with Gasteiger partial charge >= 0.3 is 0 Å². The molecule has 0 atom stereocenters. The molecule has 0 unspecified atom stereocenters. The number of fused-ring (bicyclic) bond motifs is 1. The quantitative estimate of drug-likeness (QED) is 0.822. The van der Waals surface area contributed by atoms with E-state index in [9.17, 15) is 14.4 Å². The lowest BCUT2D eigenvalue weighted by Gasteiger charge is -2.20. The number of hydrogen-bond donors (Lipinski definition) is 1. The summed E-state index contributed by atoms with van der Waals surface area (Å²) in [5.74, 6) is 0.273. The SMILES string of the molecule is Cc1ncn(CC(=O)NCCN2Cc3ccccc3OCC2=O)c(=O)c1C. The molecule has 0 aliphatic carbocycles. The van der Waals surface area contributed by atoms with E-state index in [0.717, 1.165) is 5.56 Å². The number of benzene rings is 1. The van der Waals surface area contributed by atoms with Crippen LogP contribution in [0.3, 0.4) is 0 Å². The summed E-state index contributed by atoms with van der Waals surface area (Å²) in [6.07, 6.45) is 1.37. The van der Waals surface area contributed by atoms with Gasteiger partial charge in [-0.1, -0.05) is 18.2 Å². The number of nitrogens with zero attached hydrogens (tertiary/aromatic N) is 3. The third kappa shape index (κ3) is 4.33. The monoisotopic (exact) mass is 370 g/mol. The summed E-state index contributed by atoms with van der Waals surface area (Å²) < 4.78 is 6.78. The zero-order valence-corrected chi connectivity index (χ0v) is 15.4. The molecular formula is C19H22N4O4. The highest BCUT2D eigenvalue weighted by Crippen LogP contribution is 2.22. The molecule has 0 saturated carbocycles. The van der Waals surface area contributed by atoms with Crippen LogP contribution in [0.4, 0.5) is 0 Å². The Hall–Kier alpha value is -3.16. The topological polar surface area (TPSA) is 93.5 Å². The summed E-state index contributed by atoms with van der Waals surface area (Å²) in [6.45, 7) is 4.40. The van der Waals surface area contributed by atoms with Crippen LogP contribution in [0, 0.1) is 13.8 Å². The highest BCUT2D eigenvalue weighted by Gasteiger charge is 2.21. The molecule has 1 aromatic heterocycles. The van der Waals surface area contributed by atoms with Crippen molar-refractivity contribution in [3.8, 4) is 5.75 Å². The van der Waals surface area contributed by atoms with Crippen LogP contribution in [0.25, 0.3) is 0 Å². The van der Waals surface area contributed by atoms with Gasteiger partial charge in [0, 0.05) is 36.5 Å². The van der Waals surface area contributed by atoms with Crippen molar-refractivity contribution >= 4 is 11.8 Å². The average molecular weight is 370 g/mol. The molecule has 0 bridgehead atoms. The van der Waals surface area contributed by atoms with Gasteiger partial charge in [-0.2, -0.15) is 0 Å². The highest BCUT2D eigenvalue weighted by atomic mass is 16.5. The summed E-state index contributed by atoms with van der Waals surface area (Å²) in [5.41, 5.74) is 1.88. The molecule has 142 valence electrons. The van der Waals surface area contributed by atoms with Crippen molar-refractivity contribution in [3.05, 3.63) is 57.8 Å². The van der Waals surface area contributed by atoms with E-state index in [1.165, 1.54) is 10.9 Å². The number of rotatable bonds is 5. The van der Waals surface area contributed by atoms with Gasteiger partial charge in [-0.3, -0.25) is 19.0 Å². The van der Waals surface area contributed by atoms with E-state index < -0.39 is 0 Å². The Bertz CT molecular complexity index is 922. The van der Waals surface area contributed by atoms with E-state index in [0.29, 0.717) is 36.6 Å². The number of carbonyl (C=O) groups excluding carboxylic acids is 2. The van der Waals surface area contributed by atoms with Crippen LogP contribution >= 0.6 is 0 Å². The van der Waals surface area contributed by atoms with Crippen LogP contribution in [0.5, 0.6) is 5.75 Å². The number of aryl methyl sites for hydroxylation is 1. The van der Waals surface area contributed by atoms with Gasteiger partial charge in [0.25, 0.3) is 11.5 Å². The van der Waals surface area contributed by atoms with Crippen LogP contribution < -0.4 is 15.6 Å². The first kappa shape index (κ1) is 18.6. The van der Waals surface area contributed by atoms with E-state index in [-0.39, 0.29) is 30.5 Å². The number of para-hydroxylation sites is 1. The number of aromatic nitrogens is 2. The molecule has 8 heteroatoms. The molecule has 0 fully saturated rings. The van der Waals surface area contributed by atoms with Gasteiger partial charge in [-0.25, -0.2) is 4.98 Å². The number of carbonyl (C=O) groups is 2. The lowest BCUT2D eigenvalue weighted by atomic mass is 10.2. The summed E-state index contributed by atoms with van der Waals surface area (Å²) in [4.78, 5) is 42.2. The summed E-state index contributed by atoms with van der Waals surface area (Å²) in [7, 11) is 0. The van der Waals surface area contributed by atoms with Gasteiger partial charge in [0.05, 0.1) is 6.33 Å². The van der Waals surface area contributed by atoms with E-state index in [2.05, 4.69) is 10.3 Å². The summed E-state index contributed by atoms with van der Waals surface area (Å²) in [6, 6.07) is 7.51. The predicted molar refractivity (Wildman–Crippen MR) is 98.3 cm³/mol. The van der Waals surface area contributed by atoms with Gasteiger partial charge in [-0.15, -0.1) is 0 Å². The number of ether oxygens (including phenoxy) is 1. The number of amides is 2. The first-order chi connectivity index (χ1) is 13.0. The molecular weight excluding hydrogens is 348 g/mol. The Morgan fingerprint density at radius 1 is 1.26 bits per heavy atom. The van der Waals surface area contributed by atoms with Crippen LogP contribution in [0.15, 0.2) is 35.4 Å². The second kappa shape index (κ2) is 8.03. The maximum atomic E-state index is 12.2. The van der Waals surface area contributed by atoms with Crippen molar-refractivity contribution in [1.29, 1.82) is 0 Å². The zero-order chi connectivity index (χ0) is 19.4. The molecule has 0 spiro atoms. The van der Waals surface area contributed by atoms with Crippen molar-refractivity contribution < 1.29 is 14.3 Å². The van der Waals surface area contributed by atoms with Crippen LogP contribution in [-0.4, -0.2) is 46.0 Å². The average Bonchev–Trinajstić information content (AvgIpc) is 2.82. The Kier molecular flexibility index (Phi) is 5.54. The molecule has 0 radical (unpaired) electrons. The number of nitrogens with one attached hydrogen (secondary N) is 1. The summed E-state index contributed by atoms with van der Waals surface area (Å²) >= 11 is 0. The van der Waals surface area contributed by atoms with Crippen molar-refractivity contribution in [2.24, 2.45) is 0 Å². The minimum absolute atomic E-state index is 0.0192. The Morgan fingerprint density at radius 2 is 2.04 bits per heavy atom. The van der Waals surface area contributed by atoms with Gasteiger partial charge in [-0.05, 0) is 19.9 Å². The Balaban J connectivity index is 1.55. The van der Waals surface area contributed by atoms with Crippen LogP contribution in [0.2, 0.25) is 0 Å². The van der Waals surface area contributed by atoms with E-state index in [1.54, 1.807) is 18.7 Å². The third-order valence-electron chi connectivity index (χ3n) is 4.57. The minimum atomic E-state index is -0.305. The first-order valence-corrected chi connectivity index (χ1v) is 8.73. The van der Waals surface area contributed by atoms with Crippen molar-refractivity contribution in [2.45, 2.75) is 26.9 Å². The molecule has 1 N–H and O–H groups in total. The second-order valence-corrected chi connectivity index (χ2v) is 6.45. The van der Waals surface area contributed by atoms with Gasteiger partial charge in [0.1, 0.15) is 12.3 Å². The normalized spacial score (nSPS) is 13.6. The smallest absolute Gasteiger partial charge is 0.260 e. The van der Waals surface area contributed by atoms with Crippen LogP contribution in [-0.2, 0) is 22.7 Å². The Morgan fingerprint density at radius 3 is 2.85 bits per heavy atom. The second-order valence-electron chi connectivity index (χ2n) is 6.45. The largest absolute Gasteiger partial charge is 0.483 e. The maximum Gasteiger partial charge on any atom is 0.260 e. The van der Waals surface area contributed by atoms with Gasteiger partial charge in [0.15, 0.2) is 6.61 Å². The molecule has 0 saturated heterocycles. The van der Waals surface area contributed by atoms with Gasteiger partial charge < -0.3 is 15.0 Å². The molecule has 8 nitrogen and oxygen atoms in total. The lowest BCUT2D eigenvalue weighted by Crippen LogP contribution is -2.40. The molecule has 2 amide bonds. The molecule has 1 aromatic carbocycles. The molecule has 27 heavy (non-hydrogen) atoms. The maximum absolute atomic E-state index is 12.2. The molecule has 2 aromatic rings. The molecule has 1 aliphatic rings. The fourth-order valence-corrected chi connectivity index (χ4v) is 2.83. The number of hydrogen-bond acceptors (Lipinski definition) is 5. The van der Waals surface area contributed by atoms with Crippen molar-refractivity contribution in [2.75, 3.05) is 19.7 Å². The molecule has 2 heterocycles. The third-order valence-corrected chi connectivity index (χ3v) is 4.57. The van der Waals surface area contributed by atoms with E-state index in [1.807, 2.05) is 24.3 Å². The minimum Gasteiger partial charge on any atom is -0.483 e. The Labute approximate surface area is 156 Å². The highest BCUT2D eigenvalue weighted by molar-refractivity contribution is 5.79. The molecule has 1 aliphatic heterocycles. The summed E-state index contributed by atoms with van der Waals surface area (Å²) in [5, 5.41) is 2.74. The van der Waals surface area contributed by atoms with E-state index in [4.69, 9.17) is 4.74 Å². The van der Waals surface area contributed by atoms with Crippen molar-refractivity contribution in [1.82, 2.24) is 19.8 Å². The standard InChI is InChI=1S/C19H22N4O4/c1-13-14(2)21-12-23(19(13)26)10-17(24)20-7-8-22-9-15-5-3-4-6-16(15)27-11-18(22)25/h3-6,12H,7-11H2,1-2H3,(H,20,24). The fourth-order valence-electron chi connectivity index (χ4n) is 2.83. The lowest BCUT2D eigenvalue weighted by molar-refractivity contribution is -0.133. The van der Waals surface area contributed by atoms with E-state index >= 15 is 0 Å². The first-order valence-electron chi connectivity index (χ1n) is 8.73. The van der Waals surface area contributed by atoms with Crippen LogP contribution in [0.1, 0.15) is 16.8 Å². The van der Waals surface area contributed by atoms with Gasteiger partial charge in [0.2, 0.25) is 5.91 Å². The van der Waals surface area contributed by atoms with Crippen molar-refractivity contribution in [3.63, 3.8) is 0 Å². The fraction of sp³-hybridized carbons (Fsp3) is 0.368. The predicted octanol–water partition coefficient (Wildman–Crippen LogP) is 0.398. The zero-order valence-electron chi connectivity index (χ0n) is 15.4.